The number of hydrogen-bond acceptors (Lipinski definition) is 15. The Balaban J connectivity index is 5.25. The molecule has 0 aromatic carbocycles. The highest BCUT2D eigenvalue weighted by atomic mass is 31.2. The molecule has 0 aliphatic rings. The van der Waals surface area contributed by atoms with E-state index in [0.29, 0.717) is 31.6 Å². The van der Waals surface area contributed by atoms with Crippen LogP contribution in [0.1, 0.15) is 349 Å². The van der Waals surface area contributed by atoms with Crippen molar-refractivity contribution in [2.24, 2.45) is 5.92 Å². The van der Waals surface area contributed by atoms with Gasteiger partial charge in [0.2, 0.25) is 0 Å². The van der Waals surface area contributed by atoms with Gasteiger partial charge in [-0.1, -0.05) is 296 Å². The maximum absolute atomic E-state index is 13.0. The Morgan fingerprint density at radius 2 is 0.593 bits per heavy atom. The molecule has 0 rings (SSSR count). The van der Waals surface area contributed by atoms with E-state index >= 15 is 0 Å². The third kappa shape index (κ3) is 66.0. The largest absolute Gasteiger partial charge is 0.472 e. The Morgan fingerprint density at radius 1 is 0.341 bits per heavy atom. The molecule has 17 nitrogen and oxygen atoms in total. The highest BCUT2D eigenvalue weighted by molar-refractivity contribution is 7.47. The molecule has 0 aliphatic heterocycles. The topological polar surface area (TPSA) is 237 Å². The van der Waals surface area contributed by atoms with Crippen molar-refractivity contribution in [3.05, 3.63) is 24.3 Å². The predicted octanol–water partition coefficient (Wildman–Crippen LogP) is 20.5. The molecule has 3 N–H and O–H groups in total. The van der Waals surface area contributed by atoms with Crippen LogP contribution in [0.3, 0.4) is 0 Å². The van der Waals surface area contributed by atoms with Crippen molar-refractivity contribution in [3.63, 3.8) is 0 Å². The standard InChI is InChI=1S/C72H136O17P2/c1-6-9-12-15-18-21-23-25-27-28-30-32-34-37-42-47-52-57-71(76)88-67(61-83-70(75)56-51-46-41-36-33-31-29-26-24-22-19-16-13-10-7-2)63-86-90(78,79)84-59-66(73)60-85-91(80,81)87-64-68(62-82-69(74)55-50-45-40-35-20-17-14-11-8-3)89-72(77)58-53-48-43-38-39-44-49-54-65(4)5/h22,24,26,29,65-68,73H,6-21,23,25,27-28,30-64H2,1-5H3,(H,78,79)(H,80,81)/b24-22-,29-26-/t66-,67-,68-/m1/s1. The zero-order valence-electron chi connectivity index (χ0n) is 58.5. The molecule has 0 radical (unpaired) electrons. The fourth-order valence-electron chi connectivity index (χ4n) is 10.5. The average molecular weight is 1340 g/mol. The van der Waals surface area contributed by atoms with Crippen LogP contribution in [0, 0.1) is 5.92 Å². The minimum Gasteiger partial charge on any atom is -0.462 e. The second kappa shape index (κ2) is 64.9. The Kier molecular flexibility index (Phi) is 63.1. The van der Waals surface area contributed by atoms with E-state index in [1.807, 2.05) is 0 Å². The summed E-state index contributed by atoms with van der Waals surface area (Å²) in [4.78, 5) is 72.5. The molecule has 0 amide bonds. The van der Waals surface area contributed by atoms with Crippen molar-refractivity contribution in [3.8, 4) is 0 Å². The third-order valence-corrected chi connectivity index (χ3v) is 18.1. The molecule has 2 unspecified atom stereocenters. The number of phosphoric acid groups is 2. The second-order valence-electron chi connectivity index (χ2n) is 25.8. The van der Waals surface area contributed by atoms with Crippen molar-refractivity contribution in [2.75, 3.05) is 39.6 Å². The van der Waals surface area contributed by atoms with E-state index in [1.165, 1.54) is 154 Å². The molecular weight excluding hydrogens is 1200 g/mol. The molecule has 0 spiro atoms. The summed E-state index contributed by atoms with van der Waals surface area (Å²) in [5.74, 6) is -1.46. The molecule has 19 heteroatoms. The summed E-state index contributed by atoms with van der Waals surface area (Å²) in [6, 6.07) is 0. The first-order chi connectivity index (χ1) is 44.0. The van der Waals surface area contributed by atoms with Crippen molar-refractivity contribution in [1.82, 2.24) is 0 Å². The Bertz CT molecular complexity index is 1850. The van der Waals surface area contributed by atoms with E-state index in [9.17, 15) is 43.2 Å². The number of aliphatic hydroxyl groups is 1. The SMILES string of the molecule is CCCCCC/C=C\C=C/CCCCCCCC(=O)OC[C@H](COP(=O)(O)OC[C@@H](O)COP(=O)(O)OC[C@@H](COC(=O)CCCCCCCCCCC)OC(=O)CCCCCCCCCC(C)C)OC(=O)CCCCCCCCCCCCCCCCCCC. The highest BCUT2D eigenvalue weighted by Gasteiger charge is 2.30. The maximum Gasteiger partial charge on any atom is 0.472 e. The Labute approximate surface area is 554 Å². The molecule has 536 valence electrons. The van der Waals surface area contributed by atoms with Gasteiger partial charge in [0.15, 0.2) is 12.2 Å². The van der Waals surface area contributed by atoms with E-state index in [1.54, 1.807) is 0 Å². The maximum atomic E-state index is 13.0. The number of ether oxygens (including phenoxy) is 4. The normalized spacial score (nSPS) is 14.2. The van der Waals surface area contributed by atoms with Gasteiger partial charge in [-0.3, -0.25) is 37.3 Å². The summed E-state index contributed by atoms with van der Waals surface area (Å²) in [7, 11) is -9.91. The molecule has 0 aromatic rings. The highest BCUT2D eigenvalue weighted by Crippen LogP contribution is 2.45. The molecule has 0 fully saturated rings. The lowest BCUT2D eigenvalue weighted by Gasteiger charge is -2.21. The van der Waals surface area contributed by atoms with Gasteiger partial charge in [-0.05, 0) is 57.3 Å². The molecule has 0 aliphatic carbocycles. The first-order valence-corrected chi connectivity index (χ1v) is 39.9. The average Bonchev–Trinajstić information content (AvgIpc) is 2.68. The van der Waals surface area contributed by atoms with Crippen LogP contribution in [0.4, 0.5) is 0 Å². The quantitative estimate of drug-likeness (QED) is 0.0169. The van der Waals surface area contributed by atoms with Gasteiger partial charge in [-0.15, -0.1) is 0 Å². The number of rotatable bonds is 70. The van der Waals surface area contributed by atoms with Crippen LogP contribution in [-0.4, -0.2) is 96.7 Å². The van der Waals surface area contributed by atoms with Gasteiger partial charge in [0, 0.05) is 25.7 Å². The van der Waals surface area contributed by atoms with E-state index in [4.69, 9.17) is 37.0 Å². The lowest BCUT2D eigenvalue weighted by molar-refractivity contribution is -0.161. The molecule has 0 saturated carbocycles. The summed E-state index contributed by atoms with van der Waals surface area (Å²) in [5, 5.41) is 10.6. The van der Waals surface area contributed by atoms with Gasteiger partial charge in [0.25, 0.3) is 0 Å². The molecule has 0 bridgehead atoms. The summed E-state index contributed by atoms with van der Waals surface area (Å²) < 4.78 is 68.2. The number of unbranched alkanes of at least 4 members (excludes halogenated alkanes) is 39. The minimum absolute atomic E-state index is 0.101. The van der Waals surface area contributed by atoms with Crippen LogP contribution < -0.4 is 0 Å². The van der Waals surface area contributed by atoms with Crippen molar-refractivity contribution < 1.29 is 80.2 Å². The van der Waals surface area contributed by atoms with Crippen LogP contribution in [0.15, 0.2) is 24.3 Å². The fraction of sp³-hybridized carbons (Fsp3) is 0.889. The number of carbonyl (C=O) groups excluding carboxylic acids is 4. The van der Waals surface area contributed by atoms with Gasteiger partial charge >= 0.3 is 39.5 Å². The summed E-state index contributed by atoms with van der Waals surface area (Å²) in [6.07, 6.45) is 55.0. The van der Waals surface area contributed by atoms with Gasteiger partial charge in [0.05, 0.1) is 26.4 Å². The monoisotopic (exact) mass is 1330 g/mol. The van der Waals surface area contributed by atoms with Crippen molar-refractivity contribution in [1.29, 1.82) is 0 Å². The molecule has 0 saturated heterocycles. The predicted molar refractivity (Wildman–Crippen MR) is 368 cm³/mol. The van der Waals surface area contributed by atoms with Crippen molar-refractivity contribution in [2.45, 2.75) is 368 Å². The number of allylic oxidation sites excluding steroid dienone is 4. The van der Waals surface area contributed by atoms with Gasteiger partial charge < -0.3 is 33.8 Å². The minimum atomic E-state index is -4.96. The number of esters is 4. The van der Waals surface area contributed by atoms with E-state index in [0.717, 1.165) is 109 Å². The Hall–Kier alpha value is -2.46. The van der Waals surface area contributed by atoms with Crippen LogP contribution >= 0.6 is 15.6 Å². The lowest BCUT2D eigenvalue weighted by atomic mass is 10.0. The van der Waals surface area contributed by atoms with E-state index in [2.05, 4.69) is 58.9 Å². The number of hydrogen-bond donors (Lipinski definition) is 3. The third-order valence-electron chi connectivity index (χ3n) is 16.2. The van der Waals surface area contributed by atoms with E-state index < -0.39 is 97.5 Å². The molecule has 5 atom stereocenters. The molecule has 91 heavy (non-hydrogen) atoms. The fourth-order valence-corrected chi connectivity index (χ4v) is 12.0. The van der Waals surface area contributed by atoms with Crippen LogP contribution in [-0.2, 0) is 65.4 Å². The van der Waals surface area contributed by atoms with E-state index in [-0.39, 0.29) is 25.7 Å². The molecular formula is C72H136O17P2. The summed E-state index contributed by atoms with van der Waals surface area (Å²) >= 11 is 0. The Morgan fingerprint density at radius 3 is 0.901 bits per heavy atom. The van der Waals surface area contributed by atoms with Crippen molar-refractivity contribution >= 4 is 39.5 Å². The van der Waals surface area contributed by atoms with Gasteiger partial charge in [-0.2, -0.15) is 0 Å². The number of aliphatic hydroxyl groups excluding tert-OH is 1. The molecule has 0 heterocycles. The second-order valence-corrected chi connectivity index (χ2v) is 28.7. The smallest absolute Gasteiger partial charge is 0.462 e. The van der Waals surface area contributed by atoms with Gasteiger partial charge in [-0.25, -0.2) is 9.13 Å². The van der Waals surface area contributed by atoms with Crippen LogP contribution in [0.5, 0.6) is 0 Å². The molecule has 0 aromatic heterocycles. The zero-order valence-corrected chi connectivity index (χ0v) is 60.3. The lowest BCUT2D eigenvalue weighted by Crippen LogP contribution is -2.30. The van der Waals surface area contributed by atoms with Crippen LogP contribution in [0.2, 0.25) is 0 Å². The first-order valence-electron chi connectivity index (χ1n) is 37.0. The van der Waals surface area contributed by atoms with Gasteiger partial charge in [0.1, 0.15) is 19.3 Å². The summed E-state index contributed by atoms with van der Waals surface area (Å²) in [6.45, 7) is 7.11. The van der Waals surface area contributed by atoms with Crippen LogP contribution in [0.25, 0.3) is 0 Å². The zero-order chi connectivity index (χ0) is 67.0. The summed E-state index contributed by atoms with van der Waals surface area (Å²) in [5.41, 5.74) is 0. The first kappa shape index (κ1) is 88.5. The number of carbonyl (C=O) groups is 4. The number of phosphoric ester groups is 2.